The number of carbonyl (C=O) groups is 1. The molecule has 1 amide bonds. The summed E-state index contributed by atoms with van der Waals surface area (Å²) in [7, 11) is 0. The van der Waals surface area contributed by atoms with Gasteiger partial charge >= 0.3 is 0 Å². The van der Waals surface area contributed by atoms with E-state index < -0.39 is 11.6 Å². The van der Waals surface area contributed by atoms with Gasteiger partial charge in [0.1, 0.15) is 17.4 Å². The van der Waals surface area contributed by atoms with Gasteiger partial charge in [-0.3, -0.25) is 9.69 Å². The lowest BCUT2D eigenvalue weighted by molar-refractivity contribution is -0.117. The van der Waals surface area contributed by atoms with Crippen molar-refractivity contribution >= 4 is 28.9 Å². The molecular formula is C30H32ClF2N3O2. The van der Waals surface area contributed by atoms with Crippen molar-refractivity contribution < 1.29 is 18.7 Å². The van der Waals surface area contributed by atoms with Gasteiger partial charge in [0.2, 0.25) is 5.91 Å². The number of hydrogen-bond donors (Lipinski definition) is 1. The van der Waals surface area contributed by atoms with Crippen molar-refractivity contribution in [1.82, 2.24) is 4.90 Å². The van der Waals surface area contributed by atoms with E-state index in [4.69, 9.17) is 11.6 Å². The zero-order valence-electron chi connectivity index (χ0n) is 21.9. The van der Waals surface area contributed by atoms with Gasteiger partial charge in [0.15, 0.2) is 0 Å². The molecule has 0 radical (unpaired) electrons. The molecular weight excluding hydrogens is 508 g/mol. The molecule has 200 valence electrons. The number of piperazine rings is 1. The van der Waals surface area contributed by atoms with Crippen molar-refractivity contribution in [3.63, 3.8) is 0 Å². The number of amides is 1. The monoisotopic (exact) mass is 539 g/mol. The standard InChI is InChI=1S/C30H32ClF2N3O2/c1-30(2,3)35-13-11-34(12-14-35)27-16-20(6-8-24(27)31)23-18-21(32)17-22(29(23)38)19-7-9-26(25(33)15-19)36-10-4-5-28(36)37/h6-9,15-18,38H,4-5,10-14H2,1-3H3. The smallest absolute Gasteiger partial charge is 0.227 e. The van der Waals surface area contributed by atoms with Crippen LogP contribution in [-0.2, 0) is 4.79 Å². The number of carbonyl (C=O) groups excluding carboxylic acids is 1. The summed E-state index contributed by atoms with van der Waals surface area (Å²) in [5, 5.41) is 11.8. The van der Waals surface area contributed by atoms with Crippen LogP contribution in [0.15, 0.2) is 48.5 Å². The van der Waals surface area contributed by atoms with Crippen LogP contribution >= 0.6 is 11.6 Å². The maximum Gasteiger partial charge on any atom is 0.227 e. The van der Waals surface area contributed by atoms with Crippen molar-refractivity contribution in [3.8, 4) is 28.0 Å². The van der Waals surface area contributed by atoms with Gasteiger partial charge in [0, 0.05) is 55.8 Å². The highest BCUT2D eigenvalue weighted by molar-refractivity contribution is 6.33. The number of halogens is 3. The van der Waals surface area contributed by atoms with Crippen molar-refractivity contribution in [2.75, 3.05) is 42.5 Å². The maximum atomic E-state index is 15.0. The summed E-state index contributed by atoms with van der Waals surface area (Å²) in [6, 6.07) is 12.2. The molecule has 1 N–H and O–H groups in total. The molecule has 0 bridgehead atoms. The van der Waals surface area contributed by atoms with Crippen molar-refractivity contribution in [2.45, 2.75) is 39.2 Å². The summed E-state index contributed by atoms with van der Waals surface area (Å²) in [4.78, 5) is 18.1. The van der Waals surface area contributed by atoms with Crippen LogP contribution in [0.3, 0.4) is 0 Å². The Morgan fingerprint density at radius 3 is 2.05 bits per heavy atom. The fourth-order valence-electron chi connectivity index (χ4n) is 5.38. The van der Waals surface area contributed by atoms with Crippen LogP contribution in [-0.4, -0.2) is 54.2 Å². The second-order valence-corrected chi connectivity index (χ2v) is 11.4. The largest absolute Gasteiger partial charge is 0.507 e. The van der Waals surface area contributed by atoms with Gasteiger partial charge in [0.05, 0.1) is 16.4 Å². The highest BCUT2D eigenvalue weighted by atomic mass is 35.5. The normalized spacial score (nSPS) is 16.9. The van der Waals surface area contributed by atoms with E-state index in [1.54, 1.807) is 18.2 Å². The lowest BCUT2D eigenvalue weighted by Gasteiger charge is -2.43. The summed E-state index contributed by atoms with van der Waals surface area (Å²) in [6.07, 6.45) is 1.08. The van der Waals surface area contributed by atoms with Crippen molar-refractivity contribution in [2.24, 2.45) is 0 Å². The third-order valence-electron chi connectivity index (χ3n) is 7.52. The topological polar surface area (TPSA) is 47.0 Å². The van der Waals surface area contributed by atoms with Crippen LogP contribution in [0.4, 0.5) is 20.2 Å². The van der Waals surface area contributed by atoms with E-state index in [2.05, 4.69) is 30.6 Å². The minimum absolute atomic E-state index is 0.0865. The van der Waals surface area contributed by atoms with E-state index in [-0.39, 0.29) is 28.4 Å². The number of benzene rings is 3. The van der Waals surface area contributed by atoms with Gasteiger partial charge in [-0.05, 0) is 74.7 Å². The van der Waals surface area contributed by atoms with Crippen LogP contribution in [0.1, 0.15) is 33.6 Å². The zero-order valence-corrected chi connectivity index (χ0v) is 22.7. The highest BCUT2D eigenvalue weighted by Crippen LogP contribution is 2.42. The molecule has 2 fully saturated rings. The molecule has 2 aliphatic heterocycles. The van der Waals surface area contributed by atoms with Gasteiger partial charge in [-0.25, -0.2) is 8.78 Å². The number of aromatic hydroxyl groups is 1. The van der Waals surface area contributed by atoms with Gasteiger partial charge in [-0.1, -0.05) is 23.7 Å². The van der Waals surface area contributed by atoms with E-state index in [0.29, 0.717) is 41.1 Å². The van der Waals surface area contributed by atoms with Crippen molar-refractivity contribution in [1.29, 1.82) is 0 Å². The molecule has 3 aromatic rings. The van der Waals surface area contributed by atoms with E-state index in [9.17, 15) is 14.3 Å². The van der Waals surface area contributed by atoms with E-state index >= 15 is 4.39 Å². The average Bonchev–Trinajstić information content (AvgIpc) is 3.30. The zero-order chi connectivity index (χ0) is 27.2. The van der Waals surface area contributed by atoms with Gasteiger partial charge < -0.3 is 14.9 Å². The highest BCUT2D eigenvalue weighted by Gasteiger charge is 2.28. The number of hydrogen-bond acceptors (Lipinski definition) is 4. The van der Waals surface area contributed by atoms with Gasteiger partial charge in [-0.2, -0.15) is 0 Å². The molecule has 0 aliphatic carbocycles. The predicted molar refractivity (Wildman–Crippen MR) is 149 cm³/mol. The van der Waals surface area contributed by atoms with Gasteiger partial charge in [0.25, 0.3) is 0 Å². The molecule has 0 aromatic heterocycles. The average molecular weight is 540 g/mol. The number of rotatable bonds is 4. The Labute approximate surface area is 227 Å². The summed E-state index contributed by atoms with van der Waals surface area (Å²) in [6.45, 7) is 10.4. The van der Waals surface area contributed by atoms with Crippen LogP contribution in [0.25, 0.3) is 22.3 Å². The molecule has 8 heteroatoms. The molecule has 3 aromatic carbocycles. The Morgan fingerprint density at radius 1 is 0.842 bits per heavy atom. The second kappa shape index (κ2) is 10.2. The number of anilines is 2. The molecule has 2 saturated heterocycles. The molecule has 0 saturated carbocycles. The molecule has 38 heavy (non-hydrogen) atoms. The molecule has 0 atom stereocenters. The minimum atomic E-state index is -0.592. The molecule has 5 rings (SSSR count). The maximum absolute atomic E-state index is 15.0. The number of nitrogens with zero attached hydrogens (tertiary/aromatic N) is 3. The molecule has 5 nitrogen and oxygen atoms in total. The summed E-state index contributed by atoms with van der Waals surface area (Å²) < 4.78 is 29.9. The minimum Gasteiger partial charge on any atom is -0.507 e. The fourth-order valence-corrected chi connectivity index (χ4v) is 5.61. The molecule has 2 aliphatic rings. The second-order valence-electron chi connectivity index (χ2n) is 11.0. The van der Waals surface area contributed by atoms with Gasteiger partial charge in [-0.15, -0.1) is 0 Å². The molecule has 0 spiro atoms. The Morgan fingerprint density at radius 2 is 1.47 bits per heavy atom. The summed E-state index contributed by atoms with van der Waals surface area (Å²) in [5.41, 5.74) is 2.52. The third-order valence-corrected chi connectivity index (χ3v) is 7.84. The fraction of sp³-hybridized carbons (Fsp3) is 0.367. The summed E-state index contributed by atoms with van der Waals surface area (Å²) in [5.74, 6) is -1.42. The lowest BCUT2D eigenvalue weighted by atomic mass is 9.96. The van der Waals surface area contributed by atoms with Crippen LogP contribution < -0.4 is 9.80 Å². The summed E-state index contributed by atoms with van der Waals surface area (Å²) >= 11 is 6.58. The lowest BCUT2D eigenvalue weighted by Crippen LogP contribution is -2.53. The van der Waals surface area contributed by atoms with Crippen LogP contribution in [0.2, 0.25) is 5.02 Å². The van der Waals surface area contributed by atoms with Crippen molar-refractivity contribution in [3.05, 3.63) is 65.2 Å². The first-order chi connectivity index (χ1) is 18.0. The third kappa shape index (κ3) is 5.09. The Bertz CT molecular complexity index is 1380. The predicted octanol–water partition coefficient (Wildman–Crippen LogP) is 6.71. The molecule has 2 heterocycles. The van der Waals surface area contributed by atoms with E-state index in [0.717, 1.165) is 31.9 Å². The van der Waals surface area contributed by atoms with Crippen LogP contribution in [0.5, 0.6) is 5.75 Å². The Balaban J connectivity index is 1.47. The Hall–Kier alpha value is -3.16. The Kier molecular flexibility index (Phi) is 7.09. The number of phenolic OH excluding ortho intramolecular Hbond substituents is 1. The number of phenols is 1. The quantitative estimate of drug-likeness (QED) is 0.400. The molecule has 0 unspecified atom stereocenters. The first kappa shape index (κ1) is 26.4. The first-order valence-electron chi connectivity index (χ1n) is 13.0. The van der Waals surface area contributed by atoms with E-state index in [1.807, 2.05) is 6.07 Å². The van der Waals surface area contributed by atoms with Crippen LogP contribution in [0, 0.1) is 11.6 Å². The SMILES string of the molecule is CC(C)(C)N1CCN(c2cc(-c3cc(F)cc(-c4ccc(N5CCCC5=O)c(F)c4)c3O)ccc2Cl)CC1. The van der Waals surface area contributed by atoms with E-state index in [1.165, 1.54) is 29.2 Å². The first-order valence-corrected chi connectivity index (χ1v) is 13.3.